The van der Waals surface area contributed by atoms with E-state index in [-0.39, 0.29) is 0 Å². The normalized spacial score (nSPS) is 21.3. The molecule has 2 atom stereocenters. The third-order valence-electron chi connectivity index (χ3n) is 4.53. The van der Waals surface area contributed by atoms with E-state index in [1.807, 2.05) is 0 Å². The number of piperidine rings is 1. The molecular weight excluding hydrogens is 232 g/mol. The van der Waals surface area contributed by atoms with E-state index in [9.17, 15) is 0 Å². The first-order valence-corrected chi connectivity index (χ1v) is 7.57. The third-order valence-corrected chi connectivity index (χ3v) is 4.53. The quantitative estimate of drug-likeness (QED) is 0.893. The number of likely N-dealkylation sites (tertiary alicyclic amines) is 1. The summed E-state index contributed by atoms with van der Waals surface area (Å²) in [6.07, 6.45) is 2.65. The van der Waals surface area contributed by atoms with Gasteiger partial charge in [-0.1, -0.05) is 29.8 Å². The lowest BCUT2D eigenvalue weighted by Crippen LogP contribution is -2.41. The molecule has 0 bridgehead atoms. The minimum atomic E-state index is 0.439. The molecule has 106 valence electrons. The Bertz CT molecular complexity index is 394. The maximum atomic E-state index is 3.79. The maximum Gasteiger partial charge on any atom is 0.0294 e. The van der Waals surface area contributed by atoms with Gasteiger partial charge >= 0.3 is 0 Å². The van der Waals surface area contributed by atoms with Gasteiger partial charge in [-0.3, -0.25) is 0 Å². The number of nitrogens with zero attached hydrogens (tertiary/aromatic N) is 1. The van der Waals surface area contributed by atoms with Crippen LogP contribution in [0.4, 0.5) is 0 Å². The Morgan fingerprint density at radius 1 is 1.21 bits per heavy atom. The van der Waals surface area contributed by atoms with Crippen LogP contribution in [0, 0.1) is 12.8 Å². The molecule has 1 saturated heterocycles. The number of hydrogen-bond acceptors (Lipinski definition) is 2. The maximum absolute atomic E-state index is 3.79. The fourth-order valence-corrected chi connectivity index (χ4v) is 3.09. The summed E-state index contributed by atoms with van der Waals surface area (Å²) in [5.74, 6) is 0.823. The molecule has 0 aromatic heterocycles. The first-order valence-electron chi connectivity index (χ1n) is 7.57. The standard InChI is InChI=1S/C17H28N2/c1-13-6-5-7-17(12-13)15(3)18-14(2)16-8-10-19(4)11-9-16/h5-7,12,14-16,18H,8-11H2,1-4H3/t14?,15-/m0/s1. The lowest BCUT2D eigenvalue weighted by molar-refractivity contribution is 0.185. The van der Waals surface area contributed by atoms with Crippen molar-refractivity contribution in [3.63, 3.8) is 0 Å². The Kier molecular flexibility index (Phi) is 5.00. The molecule has 1 aromatic carbocycles. The summed E-state index contributed by atoms with van der Waals surface area (Å²) >= 11 is 0. The predicted octanol–water partition coefficient (Wildman–Crippen LogP) is 3.38. The van der Waals surface area contributed by atoms with Gasteiger partial charge in [0.25, 0.3) is 0 Å². The van der Waals surface area contributed by atoms with Crippen LogP contribution in [0.2, 0.25) is 0 Å². The van der Waals surface area contributed by atoms with Crippen LogP contribution in [0.15, 0.2) is 24.3 Å². The highest BCUT2D eigenvalue weighted by Crippen LogP contribution is 2.22. The van der Waals surface area contributed by atoms with E-state index in [0.29, 0.717) is 12.1 Å². The van der Waals surface area contributed by atoms with E-state index in [2.05, 4.69) is 62.3 Å². The average molecular weight is 260 g/mol. The van der Waals surface area contributed by atoms with Crippen molar-refractivity contribution in [3.8, 4) is 0 Å². The molecule has 0 amide bonds. The fraction of sp³-hybridized carbons (Fsp3) is 0.647. The lowest BCUT2D eigenvalue weighted by atomic mass is 9.89. The molecule has 1 fully saturated rings. The summed E-state index contributed by atoms with van der Waals surface area (Å²) in [6, 6.07) is 9.88. The molecule has 1 aliphatic rings. The predicted molar refractivity (Wildman–Crippen MR) is 82.4 cm³/mol. The molecule has 2 heteroatoms. The van der Waals surface area contributed by atoms with Crippen molar-refractivity contribution < 1.29 is 0 Å². The number of benzene rings is 1. The molecule has 19 heavy (non-hydrogen) atoms. The van der Waals surface area contributed by atoms with Crippen molar-refractivity contribution in [3.05, 3.63) is 35.4 Å². The molecule has 0 radical (unpaired) electrons. The molecule has 2 nitrogen and oxygen atoms in total. The van der Waals surface area contributed by atoms with Crippen LogP contribution in [0.3, 0.4) is 0 Å². The molecule has 0 spiro atoms. The molecule has 1 N–H and O–H groups in total. The summed E-state index contributed by atoms with van der Waals surface area (Å²) in [5, 5.41) is 3.79. The van der Waals surface area contributed by atoms with Gasteiger partial charge in [-0.05, 0) is 65.2 Å². The van der Waals surface area contributed by atoms with Gasteiger partial charge in [0.2, 0.25) is 0 Å². The average Bonchev–Trinajstić information content (AvgIpc) is 2.39. The Balaban J connectivity index is 1.89. The summed E-state index contributed by atoms with van der Waals surface area (Å²) in [4.78, 5) is 2.44. The van der Waals surface area contributed by atoms with Gasteiger partial charge in [0.05, 0.1) is 0 Å². The van der Waals surface area contributed by atoms with Gasteiger partial charge in [-0.15, -0.1) is 0 Å². The van der Waals surface area contributed by atoms with E-state index in [4.69, 9.17) is 0 Å². The molecule has 0 aliphatic carbocycles. The van der Waals surface area contributed by atoms with Gasteiger partial charge in [0.15, 0.2) is 0 Å². The third kappa shape index (κ3) is 4.05. The Morgan fingerprint density at radius 2 is 1.89 bits per heavy atom. The fourth-order valence-electron chi connectivity index (χ4n) is 3.09. The zero-order valence-corrected chi connectivity index (χ0v) is 12.8. The zero-order valence-electron chi connectivity index (χ0n) is 12.8. The van der Waals surface area contributed by atoms with Crippen LogP contribution < -0.4 is 5.32 Å². The first kappa shape index (κ1) is 14.5. The number of aryl methyl sites for hydroxylation is 1. The number of hydrogen-bond donors (Lipinski definition) is 1. The van der Waals surface area contributed by atoms with Crippen LogP contribution in [0.25, 0.3) is 0 Å². The van der Waals surface area contributed by atoms with Gasteiger partial charge < -0.3 is 10.2 Å². The van der Waals surface area contributed by atoms with Crippen molar-refractivity contribution in [2.45, 2.75) is 45.7 Å². The summed E-state index contributed by atoms with van der Waals surface area (Å²) in [6.45, 7) is 9.28. The van der Waals surface area contributed by atoms with E-state index in [1.165, 1.54) is 37.1 Å². The summed E-state index contributed by atoms with van der Waals surface area (Å²) in [7, 11) is 2.23. The summed E-state index contributed by atoms with van der Waals surface area (Å²) < 4.78 is 0. The SMILES string of the molecule is Cc1cccc([C@H](C)NC(C)C2CCN(C)CC2)c1. The van der Waals surface area contributed by atoms with Crippen LogP contribution >= 0.6 is 0 Å². The second-order valence-electron chi connectivity index (χ2n) is 6.23. The van der Waals surface area contributed by atoms with Crippen LogP contribution in [-0.4, -0.2) is 31.1 Å². The molecule has 0 saturated carbocycles. The molecule has 1 unspecified atom stereocenters. The minimum absolute atomic E-state index is 0.439. The number of nitrogens with one attached hydrogen (secondary N) is 1. The molecule has 1 heterocycles. The van der Waals surface area contributed by atoms with Crippen molar-refractivity contribution >= 4 is 0 Å². The van der Waals surface area contributed by atoms with Crippen LogP contribution in [0.5, 0.6) is 0 Å². The zero-order chi connectivity index (χ0) is 13.8. The highest BCUT2D eigenvalue weighted by Gasteiger charge is 2.23. The number of rotatable bonds is 4. The largest absolute Gasteiger partial charge is 0.307 e. The van der Waals surface area contributed by atoms with Crippen LogP contribution in [-0.2, 0) is 0 Å². The van der Waals surface area contributed by atoms with Gasteiger partial charge in [-0.2, -0.15) is 0 Å². The topological polar surface area (TPSA) is 15.3 Å². The Hall–Kier alpha value is -0.860. The van der Waals surface area contributed by atoms with Crippen LogP contribution in [0.1, 0.15) is 43.9 Å². The molecule has 2 rings (SSSR count). The van der Waals surface area contributed by atoms with Crippen molar-refractivity contribution in [1.82, 2.24) is 10.2 Å². The highest BCUT2D eigenvalue weighted by molar-refractivity contribution is 5.24. The van der Waals surface area contributed by atoms with Gasteiger partial charge in [-0.25, -0.2) is 0 Å². The van der Waals surface area contributed by atoms with Gasteiger partial charge in [0, 0.05) is 12.1 Å². The van der Waals surface area contributed by atoms with Gasteiger partial charge in [0.1, 0.15) is 0 Å². The first-order chi connectivity index (χ1) is 9.06. The van der Waals surface area contributed by atoms with Crippen molar-refractivity contribution in [2.75, 3.05) is 20.1 Å². The van der Waals surface area contributed by atoms with Crippen molar-refractivity contribution in [1.29, 1.82) is 0 Å². The molecular formula is C17H28N2. The van der Waals surface area contributed by atoms with E-state index in [0.717, 1.165) is 5.92 Å². The second-order valence-corrected chi connectivity index (χ2v) is 6.23. The van der Waals surface area contributed by atoms with E-state index in [1.54, 1.807) is 0 Å². The van der Waals surface area contributed by atoms with E-state index < -0.39 is 0 Å². The minimum Gasteiger partial charge on any atom is -0.307 e. The molecule has 1 aliphatic heterocycles. The van der Waals surface area contributed by atoms with E-state index >= 15 is 0 Å². The highest BCUT2D eigenvalue weighted by atomic mass is 15.1. The second kappa shape index (κ2) is 6.53. The monoisotopic (exact) mass is 260 g/mol. The smallest absolute Gasteiger partial charge is 0.0294 e. The Labute approximate surface area is 118 Å². The lowest BCUT2D eigenvalue weighted by Gasteiger charge is -2.34. The Morgan fingerprint density at radius 3 is 2.53 bits per heavy atom. The van der Waals surface area contributed by atoms with Crippen molar-refractivity contribution in [2.24, 2.45) is 5.92 Å². The molecule has 1 aromatic rings. The summed E-state index contributed by atoms with van der Waals surface area (Å²) in [5.41, 5.74) is 2.75.